The van der Waals surface area contributed by atoms with E-state index in [1.165, 1.54) is 30.4 Å². The summed E-state index contributed by atoms with van der Waals surface area (Å²) >= 11 is 1.61. The molecule has 33 heavy (non-hydrogen) atoms. The number of hydrogen-bond acceptors (Lipinski definition) is 6. The average molecular weight is 463 g/mol. The van der Waals surface area contributed by atoms with Crippen LogP contribution >= 0.6 is 11.3 Å². The van der Waals surface area contributed by atoms with Crippen molar-refractivity contribution in [2.24, 2.45) is 7.05 Å². The number of nitrogens with one attached hydrogen (secondary N) is 2. The second-order valence-corrected chi connectivity index (χ2v) is 9.41. The van der Waals surface area contributed by atoms with E-state index in [0.717, 1.165) is 27.8 Å². The van der Waals surface area contributed by atoms with Crippen LogP contribution in [0.2, 0.25) is 0 Å². The maximum atomic E-state index is 13.2. The van der Waals surface area contributed by atoms with Crippen molar-refractivity contribution in [2.45, 2.75) is 45.6 Å². The molecule has 1 aliphatic carbocycles. The minimum atomic E-state index is -0.378. The molecule has 1 fully saturated rings. The van der Waals surface area contributed by atoms with Gasteiger partial charge in [0.15, 0.2) is 10.8 Å². The number of benzene rings is 1. The van der Waals surface area contributed by atoms with Gasteiger partial charge in [-0.3, -0.25) is 19.7 Å². The van der Waals surface area contributed by atoms with E-state index < -0.39 is 0 Å². The van der Waals surface area contributed by atoms with E-state index in [9.17, 15) is 9.59 Å². The standard InChI is InChI=1S/C24H26N6O2S/c1-14-12-19(20-13-33-24(26-20)25-16-8-4-5-9-16)15(2)30(14)28-22(31)21-17-10-6-7-11-18(17)23(32)29(3)27-21/h6-7,10-13,16H,4-5,8-9H2,1-3H3,(H,25,26)(H,28,31). The monoisotopic (exact) mass is 462 g/mol. The number of aromatic nitrogens is 4. The van der Waals surface area contributed by atoms with Crippen LogP contribution in [-0.4, -0.2) is 31.4 Å². The second kappa shape index (κ2) is 8.47. The fourth-order valence-electron chi connectivity index (χ4n) is 4.52. The van der Waals surface area contributed by atoms with Crippen molar-refractivity contribution in [1.29, 1.82) is 0 Å². The first-order valence-electron chi connectivity index (χ1n) is 11.1. The number of nitrogens with zero attached hydrogens (tertiary/aromatic N) is 4. The molecule has 9 heteroatoms. The highest BCUT2D eigenvalue weighted by molar-refractivity contribution is 7.14. The van der Waals surface area contributed by atoms with Gasteiger partial charge in [0.2, 0.25) is 0 Å². The fraction of sp³-hybridized carbons (Fsp3) is 0.333. The molecule has 1 aliphatic rings. The van der Waals surface area contributed by atoms with Crippen LogP contribution in [0.5, 0.6) is 0 Å². The molecule has 4 aromatic rings. The van der Waals surface area contributed by atoms with E-state index in [1.807, 2.05) is 25.3 Å². The first kappa shape index (κ1) is 21.4. The number of aryl methyl sites for hydroxylation is 2. The summed E-state index contributed by atoms with van der Waals surface area (Å²) in [4.78, 5) is 30.4. The first-order valence-corrected chi connectivity index (χ1v) is 12.0. The molecule has 0 radical (unpaired) electrons. The molecule has 0 spiro atoms. The summed E-state index contributed by atoms with van der Waals surface area (Å²) in [7, 11) is 1.55. The van der Waals surface area contributed by atoms with E-state index in [0.29, 0.717) is 16.8 Å². The summed E-state index contributed by atoms with van der Waals surface area (Å²) in [5.41, 5.74) is 6.55. The van der Waals surface area contributed by atoms with E-state index in [-0.39, 0.29) is 17.2 Å². The first-order chi connectivity index (χ1) is 15.9. The van der Waals surface area contributed by atoms with Gasteiger partial charge in [0.05, 0.1) is 11.1 Å². The molecule has 1 aromatic carbocycles. The Balaban J connectivity index is 1.43. The molecular weight excluding hydrogens is 436 g/mol. The Morgan fingerprint density at radius 2 is 1.88 bits per heavy atom. The summed E-state index contributed by atoms with van der Waals surface area (Å²) in [6.45, 7) is 3.89. The third kappa shape index (κ3) is 3.93. The smallest absolute Gasteiger partial charge is 0.291 e. The highest BCUT2D eigenvalue weighted by atomic mass is 32.1. The maximum Gasteiger partial charge on any atom is 0.291 e. The van der Waals surface area contributed by atoms with E-state index in [4.69, 9.17) is 4.98 Å². The zero-order chi connectivity index (χ0) is 23.1. The van der Waals surface area contributed by atoms with Crippen molar-refractivity contribution in [3.8, 4) is 11.3 Å². The lowest BCUT2D eigenvalue weighted by molar-refractivity contribution is 0.100. The Hall–Kier alpha value is -3.46. The van der Waals surface area contributed by atoms with Crippen LogP contribution in [0.3, 0.4) is 0 Å². The summed E-state index contributed by atoms with van der Waals surface area (Å²) in [5.74, 6) is -0.378. The summed E-state index contributed by atoms with van der Waals surface area (Å²) < 4.78 is 2.95. The number of thiazole rings is 1. The molecular formula is C24H26N6O2S. The number of fused-ring (bicyclic) bond motifs is 1. The van der Waals surface area contributed by atoms with Crippen molar-refractivity contribution < 1.29 is 4.79 Å². The molecule has 170 valence electrons. The quantitative estimate of drug-likeness (QED) is 0.463. The van der Waals surface area contributed by atoms with Crippen LogP contribution in [0.15, 0.2) is 40.5 Å². The largest absolute Gasteiger partial charge is 0.359 e. The Labute approximate surface area is 195 Å². The van der Waals surface area contributed by atoms with Crippen LogP contribution in [0.25, 0.3) is 22.0 Å². The van der Waals surface area contributed by atoms with Gasteiger partial charge in [-0.1, -0.05) is 31.0 Å². The minimum Gasteiger partial charge on any atom is -0.359 e. The second-order valence-electron chi connectivity index (χ2n) is 8.55. The number of anilines is 1. The van der Waals surface area contributed by atoms with Crippen LogP contribution in [0.4, 0.5) is 5.13 Å². The molecule has 1 amide bonds. The maximum absolute atomic E-state index is 13.2. The normalized spacial score (nSPS) is 14.2. The van der Waals surface area contributed by atoms with E-state index in [2.05, 4.69) is 15.8 Å². The molecule has 0 bridgehead atoms. The van der Waals surface area contributed by atoms with Crippen molar-refractivity contribution in [1.82, 2.24) is 19.4 Å². The number of carbonyl (C=O) groups excluding carboxylic acids is 1. The minimum absolute atomic E-state index is 0.207. The number of amides is 1. The highest BCUT2D eigenvalue weighted by Gasteiger charge is 2.20. The predicted octanol–water partition coefficient (Wildman–Crippen LogP) is 4.21. The SMILES string of the molecule is Cc1cc(-c2csc(NC3CCCC3)n2)c(C)n1NC(=O)c1nn(C)c(=O)c2ccccc12. The lowest BCUT2D eigenvalue weighted by Crippen LogP contribution is -2.29. The Morgan fingerprint density at radius 3 is 2.64 bits per heavy atom. The van der Waals surface area contributed by atoms with Gasteiger partial charge in [-0.2, -0.15) is 5.10 Å². The molecule has 5 rings (SSSR count). The van der Waals surface area contributed by atoms with Gasteiger partial charge in [0, 0.05) is 40.8 Å². The van der Waals surface area contributed by atoms with Crippen LogP contribution < -0.4 is 16.3 Å². The average Bonchev–Trinajstić information content (AvgIpc) is 3.55. The lowest BCUT2D eigenvalue weighted by Gasteiger charge is -2.13. The molecule has 3 aromatic heterocycles. The van der Waals surface area contributed by atoms with Gasteiger partial charge in [-0.05, 0) is 38.8 Å². The lowest BCUT2D eigenvalue weighted by atomic mass is 10.1. The Kier molecular flexibility index (Phi) is 5.49. The molecule has 0 saturated heterocycles. The number of carbonyl (C=O) groups is 1. The summed E-state index contributed by atoms with van der Waals surface area (Å²) in [6.07, 6.45) is 4.94. The highest BCUT2D eigenvalue weighted by Crippen LogP contribution is 2.31. The van der Waals surface area contributed by atoms with Gasteiger partial charge < -0.3 is 5.32 Å². The van der Waals surface area contributed by atoms with Gasteiger partial charge >= 0.3 is 0 Å². The van der Waals surface area contributed by atoms with Gasteiger partial charge in [0.25, 0.3) is 11.5 Å². The zero-order valence-corrected chi connectivity index (χ0v) is 19.7. The molecule has 0 atom stereocenters. The Morgan fingerprint density at radius 1 is 1.15 bits per heavy atom. The summed E-state index contributed by atoms with van der Waals surface area (Å²) in [6, 6.07) is 9.56. The van der Waals surface area contributed by atoms with Gasteiger partial charge in [0.1, 0.15) is 0 Å². The predicted molar refractivity (Wildman–Crippen MR) is 132 cm³/mol. The number of hydrogen-bond donors (Lipinski definition) is 2. The van der Waals surface area contributed by atoms with Crippen LogP contribution in [0, 0.1) is 13.8 Å². The number of rotatable bonds is 5. The van der Waals surface area contributed by atoms with Crippen LogP contribution in [-0.2, 0) is 7.05 Å². The topological polar surface area (TPSA) is 93.8 Å². The molecule has 8 nitrogen and oxygen atoms in total. The fourth-order valence-corrected chi connectivity index (χ4v) is 5.31. The summed E-state index contributed by atoms with van der Waals surface area (Å²) in [5, 5.41) is 11.8. The molecule has 2 N–H and O–H groups in total. The van der Waals surface area contributed by atoms with Gasteiger partial charge in [-0.25, -0.2) is 9.67 Å². The van der Waals surface area contributed by atoms with Crippen LogP contribution in [0.1, 0.15) is 47.6 Å². The Bertz CT molecular complexity index is 1410. The third-order valence-corrected chi connectivity index (χ3v) is 7.05. The molecule has 0 unspecified atom stereocenters. The van der Waals surface area contributed by atoms with Crippen molar-refractivity contribution in [3.63, 3.8) is 0 Å². The van der Waals surface area contributed by atoms with Gasteiger partial charge in [-0.15, -0.1) is 11.3 Å². The molecule has 3 heterocycles. The van der Waals surface area contributed by atoms with E-state index in [1.54, 1.807) is 47.3 Å². The van der Waals surface area contributed by atoms with E-state index >= 15 is 0 Å². The van der Waals surface area contributed by atoms with Crippen molar-refractivity contribution >= 4 is 33.1 Å². The third-order valence-electron chi connectivity index (χ3n) is 6.28. The zero-order valence-electron chi connectivity index (χ0n) is 18.9. The molecule has 0 aliphatic heterocycles. The molecule has 1 saturated carbocycles. The van der Waals surface area contributed by atoms with Crippen molar-refractivity contribution in [3.05, 3.63) is 63.1 Å². The van der Waals surface area contributed by atoms with Crippen molar-refractivity contribution in [2.75, 3.05) is 10.7 Å².